The van der Waals surface area contributed by atoms with E-state index >= 15 is 0 Å². The second-order valence-corrected chi connectivity index (χ2v) is 4.69. The van der Waals surface area contributed by atoms with E-state index in [-0.39, 0.29) is 5.82 Å². The molecule has 100 valence electrons. The van der Waals surface area contributed by atoms with Gasteiger partial charge in [-0.2, -0.15) is 0 Å². The van der Waals surface area contributed by atoms with Crippen molar-refractivity contribution in [2.75, 3.05) is 32.9 Å². The summed E-state index contributed by atoms with van der Waals surface area (Å²) < 4.78 is 24.0. The molecule has 18 heavy (non-hydrogen) atoms. The van der Waals surface area contributed by atoms with Crippen LogP contribution in [-0.2, 0) is 4.74 Å². The molecule has 1 atom stereocenters. The predicted octanol–water partition coefficient (Wildman–Crippen LogP) is 2.14. The Morgan fingerprint density at radius 1 is 1.50 bits per heavy atom. The summed E-state index contributed by atoms with van der Waals surface area (Å²) >= 11 is 0. The molecular weight excluding hydrogens is 233 g/mol. The SMILES string of the molecule is Cc1ccc(OCCNCC2CCOC2)cc1F. The molecule has 1 N–H and O–H groups in total. The van der Waals surface area contributed by atoms with E-state index in [1.165, 1.54) is 6.07 Å². The highest BCUT2D eigenvalue weighted by Gasteiger charge is 2.14. The number of halogens is 1. The van der Waals surface area contributed by atoms with Crippen LogP contribution in [0.4, 0.5) is 4.39 Å². The van der Waals surface area contributed by atoms with Gasteiger partial charge in [0.05, 0.1) is 6.61 Å². The zero-order valence-corrected chi connectivity index (χ0v) is 10.7. The van der Waals surface area contributed by atoms with Crippen LogP contribution < -0.4 is 10.1 Å². The zero-order chi connectivity index (χ0) is 12.8. The molecule has 1 aromatic carbocycles. The van der Waals surface area contributed by atoms with Gasteiger partial charge in [0.15, 0.2) is 0 Å². The zero-order valence-electron chi connectivity index (χ0n) is 10.7. The van der Waals surface area contributed by atoms with Gasteiger partial charge in [0.1, 0.15) is 18.2 Å². The predicted molar refractivity (Wildman–Crippen MR) is 68.4 cm³/mol. The standard InChI is InChI=1S/C14H20FNO2/c1-11-2-3-13(8-14(11)15)18-7-5-16-9-12-4-6-17-10-12/h2-3,8,12,16H,4-7,9-10H2,1H3. The maximum absolute atomic E-state index is 13.2. The average molecular weight is 253 g/mol. The molecule has 1 saturated heterocycles. The molecule has 0 amide bonds. The average Bonchev–Trinajstić information content (AvgIpc) is 2.86. The van der Waals surface area contributed by atoms with Crippen molar-refractivity contribution in [1.29, 1.82) is 0 Å². The lowest BCUT2D eigenvalue weighted by Gasteiger charge is -2.10. The van der Waals surface area contributed by atoms with Crippen LogP contribution in [-0.4, -0.2) is 32.9 Å². The van der Waals surface area contributed by atoms with Crippen LogP contribution in [0.1, 0.15) is 12.0 Å². The summed E-state index contributed by atoms with van der Waals surface area (Å²) in [5.41, 5.74) is 0.640. The maximum atomic E-state index is 13.2. The minimum Gasteiger partial charge on any atom is -0.492 e. The third kappa shape index (κ3) is 3.96. The molecule has 0 spiro atoms. The van der Waals surface area contributed by atoms with Crippen molar-refractivity contribution < 1.29 is 13.9 Å². The van der Waals surface area contributed by atoms with E-state index in [9.17, 15) is 4.39 Å². The molecule has 0 saturated carbocycles. The van der Waals surface area contributed by atoms with Gasteiger partial charge in [0.2, 0.25) is 0 Å². The lowest BCUT2D eigenvalue weighted by molar-refractivity contribution is 0.185. The lowest BCUT2D eigenvalue weighted by atomic mass is 10.1. The fourth-order valence-electron chi connectivity index (χ4n) is 1.95. The molecule has 0 radical (unpaired) electrons. The van der Waals surface area contributed by atoms with Crippen molar-refractivity contribution in [2.24, 2.45) is 5.92 Å². The van der Waals surface area contributed by atoms with Crippen molar-refractivity contribution in [1.82, 2.24) is 5.32 Å². The number of aryl methyl sites for hydroxylation is 1. The van der Waals surface area contributed by atoms with E-state index in [0.717, 1.165) is 32.7 Å². The normalized spacial score (nSPS) is 19.1. The van der Waals surface area contributed by atoms with Crippen LogP contribution in [0.25, 0.3) is 0 Å². The number of hydrogen-bond donors (Lipinski definition) is 1. The Kier molecular flexibility index (Phi) is 4.96. The Balaban J connectivity index is 1.61. The minimum atomic E-state index is -0.219. The van der Waals surface area contributed by atoms with Crippen molar-refractivity contribution >= 4 is 0 Å². The summed E-state index contributed by atoms with van der Waals surface area (Å²) in [5, 5.41) is 3.32. The first-order valence-electron chi connectivity index (χ1n) is 6.43. The fraction of sp³-hybridized carbons (Fsp3) is 0.571. The molecule has 1 fully saturated rings. The Labute approximate surface area is 107 Å². The molecule has 0 aromatic heterocycles. The largest absolute Gasteiger partial charge is 0.492 e. The number of hydrogen-bond acceptors (Lipinski definition) is 3. The molecular formula is C14H20FNO2. The summed E-state index contributed by atoms with van der Waals surface area (Å²) in [6, 6.07) is 4.96. The maximum Gasteiger partial charge on any atom is 0.129 e. The van der Waals surface area contributed by atoms with E-state index in [4.69, 9.17) is 9.47 Å². The van der Waals surface area contributed by atoms with Crippen LogP contribution in [0.5, 0.6) is 5.75 Å². The molecule has 1 heterocycles. The third-order valence-corrected chi connectivity index (χ3v) is 3.15. The molecule has 0 aliphatic carbocycles. The second kappa shape index (κ2) is 6.71. The molecule has 1 aliphatic rings. The molecule has 2 rings (SSSR count). The smallest absolute Gasteiger partial charge is 0.129 e. The van der Waals surface area contributed by atoms with Crippen LogP contribution in [0.3, 0.4) is 0 Å². The van der Waals surface area contributed by atoms with Gasteiger partial charge in [0, 0.05) is 25.8 Å². The van der Waals surface area contributed by atoms with E-state index in [1.54, 1.807) is 19.1 Å². The summed E-state index contributed by atoms with van der Waals surface area (Å²) in [6.45, 7) is 5.76. The summed E-state index contributed by atoms with van der Waals surface area (Å²) in [7, 11) is 0. The first-order chi connectivity index (χ1) is 8.75. The number of rotatable bonds is 6. The molecule has 4 heteroatoms. The van der Waals surface area contributed by atoms with Crippen molar-refractivity contribution in [3.8, 4) is 5.75 Å². The highest BCUT2D eigenvalue weighted by atomic mass is 19.1. The Morgan fingerprint density at radius 3 is 3.11 bits per heavy atom. The molecule has 1 aromatic rings. The summed E-state index contributed by atoms with van der Waals surface area (Å²) in [4.78, 5) is 0. The number of nitrogens with one attached hydrogen (secondary N) is 1. The van der Waals surface area contributed by atoms with Gasteiger partial charge in [-0.1, -0.05) is 6.07 Å². The van der Waals surface area contributed by atoms with E-state index in [2.05, 4.69) is 5.32 Å². The quantitative estimate of drug-likeness (QED) is 0.788. The van der Waals surface area contributed by atoms with Gasteiger partial charge in [-0.25, -0.2) is 4.39 Å². The van der Waals surface area contributed by atoms with E-state index in [0.29, 0.717) is 23.8 Å². The third-order valence-electron chi connectivity index (χ3n) is 3.15. The van der Waals surface area contributed by atoms with Gasteiger partial charge in [-0.3, -0.25) is 0 Å². The van der Waals surface area contributed by atoms with E-state index in [1.807, 2.05) is 0 Å². The van der Waals surface area contributed by atoms with Crippen molar-refractivity contribution in [2.45, 2.75) is 13.3 Å². The minimum absolute atomic E-state index is 0.219. The highest BCUT2D eigenvalue weighted by molar-refractivity contribution is 5.27. The Bertz CT molecular complexity index is 378. The highest BCUT2D eigenvalue weighted by Crippen LogP contribution is 2.15. The van der Waals surface area contributed by atoms with Crippen LogP contribution in [0, 0.1) is 18.7 Å². The molecule has 1 unspecified atom stereocenters. The first kappa shape index (κ1) is 13.3. The topological polar surface area (TPSA) is 30.5 Å². The number of ether oxygens (including phenoxy) is 2. The van der Waals surface area contributed by atoms with E-state index < -0.39 is 0 Å². The van der Waals surface area contributed by atoms with Crippen LogP contribution in [0.2, 0.25) is 0 Å². The lowest BCUT2D eigenvalue weighted by Crippen LogP contribution is -2.27. The molecule has 0 bridgehead atoms. The summed E-state index contributed by atoms with van der Waals surface area (Å²) in [5.74, 6) is 0.995. The first-order valence-corrected chi connectivity index (χ1v) is 6.43. The van der Waals surface area contributed by atoms with Crippen molar-refractivity contribution in [3.63, 3.8) is 0 Å². The number of benzene rings is 1. The molecule has 3 nitrogen and oxygen atoms in total. The van der Waals surface area contributed by atoms with Crippen molar-refractivity contribution in [3.05, 3.63) is 29.6 Å². The van der Waals surface area contributed by atoms with Gasteiger partial charge < -0.3 is 14.8 Å². The monoisotopic (exact) mass is 253 g/mol. The Morgan fingerprint density at radius 2 is 2.39 bits per heavy atom. The Hall–Kier alpha value is -1.13. The summed E-state index contributed by atoms with van der Waals surface area (Å²) in [6.07, 6.45) is 1.14. The van der Waals surface area contributed by atoms with Crippen LogP contribution in [0.15, 0.2) is 18.2 Å². The van der Waals surface area contributed by atoms with Gasteiger partial charge in [-0.05, 0) is 30.9 Å². The second-order valence-electron chi connectivity index (χ2n) is 4.69. The fourth-order valence-corrected chi connectivity index (χ4v) is 1.95. The van der Waals surface area contributed by atoms with Gasteiger partial charge >= 0.3 is 0 Å². The molecule has 1 aliphatic heterocycles. The van der Waals surface area contributed by atoms with Gasteiger partial charge in [0.25, 0.3) is 0 Å². The van der Waals surface area contributed by atoms with Gasteiger partial charge in [-0.15, -0.1) is 0 Å². The van der Waals surface area contributed by atoms with Crippen LogP contribution >= 0.6 is 0 Å².